The van der Waals surface area contributed by atoms with Gasteiger partial charge in [-0.25, -0.2) is 0 Å². The molecule has 5 rings (SSSR count). The predicted octanol–water partition coefficient (Wildman–Crippen LogP) is 4.79. The number of aromatic amines is 1. The molecule has 4 heteroatoms. The highest BCUT2D eigenvalue weighted by Gasteiger charge is 2.26. The molecular formula is C25H31N3O. The molecule has 2 N–H and O–H groups in total. The third-order valence-corrected chi connectivity index (χ3v) is 6.59. The van der Waals surface area contributed by atoms with Crippen LogP contribution in [0, 0.1) is 0 Å². The third-order valence-electron chi connectivity index (χ3n) is 6.59. The number of aromatic nitrogens is 1. The standard InChI is InChI=1S/C25H31N3O/c1-29-23-11-10-18(16-19(23)17-28-14-6-2-3-7-15-28)24-25-21(12-13-26-24)20-8-4-5-9-22(20)27-25/h4-5,8-11,16,24,26-27H,2-3,6-7,12-15,17H2,1H3/t24-/m0/s1. The molecule has 29 heavy (non-hydrogen) atoms. The van der Waals surface area contributed by atoms with Gasteiger partial charge in [-0.1, -0.05) is 37.1 Å². The Morgan fingerprint density at radius 2 is 1.86 bits per heavy atom. The maximum absolute atomic E-state index is 5.72. The van der Waals surface area contributed by atoms with E-state index in [0.29, 0.717) is 0 Å². The summed E-state index contributed by atoms with van der Waals surface area (Å²) >= 11 is 0. The largest absolute Gasteiger partial charge is 0.496 e. The van der Waals surface area contributed by atoms with Gasteiger partial charge in [-0.05, 0) is 61.7 Å². The lowest BCUT2D eigenvalue weighted by Gasteiger charge is -2.27. The molecule has 0 spiro atoms. The van der Waals surface area contributed by atoms with Gasteiger partial charge in [0.05, 0.1) is 13.2 Å². The first-order valence-electron chi connectivity index (χ1n) is 11.1. The normalized spacial score (nSPS) is 20.4. The number of hydrogen-bond donors (Lipinski definition) is 2. The Labute approximate surface area is 173 Å². The molecule has 3 aromatic rings. The fourth-order valence-electron chi connectivity index (χ4n) is 5.10. The summed E-state index contributed by atoms with van der Waals surface area (Å²) in [6, 6.07) is 15.6. The van der Waals surface area contributed by atoms with Gasteiger partial charge in [0.1, 0.15) is 5.75 Å². The van der Waals surface area contributed by atoms with Crippen LogP contribution in [0.2, 0.25) is 0 Å². The van der Waals surface area contributed by atoms with Gasteiger partial charge in [0.25, 0.3) is 0 Å². The van der Waals surface area contributed by atoms with Gasteiger partial charge in [0.15, 0.2) is 0 Å². The number of hydrogen-bond acceptors (Lipinski definition) is 3. The SMILES string of the molecule is COc1ccc([C@@H]2NCCc3c2[nH]c2ccccc32)cc1CN1CCCCCC1. The van der Waals surface area contributed by atoms with Crippen LogP contribution in [0.5, 0.6) is 5.75 Å². The first kappa shape index (κ1) is 18.7. The molecule has 2 aromatic carbocycles. The summed E-state index contributed by atoms with van der Waals surface area (Å²) in [7, 11) is 1.79. The molecule has 1 saturated heterocycles. The van der Waals surface area contributed by atoms with Crippen LogP contribution in [-0.4, -0.2) is 36.6 Å². The molecular weight excluding hydrogens is 358 g/mol. The Hall–Kier alpha value is -2.30. The molecule has 1 atom stereocenters. The fraction of sp³-hybridized carbons (Fsp3) is 0.440. The van der Waals surface area contributed by atoms with E-state index in [9.17, 15) is 0 Å². The van der Waals surface area contributed by atoms with Crippen molar-refractivity contribution in [2.75, 3.05) is 26.7 Å². The quantitative estimate of drug-likeness (QED) is 0.674. The van der Waals surface area contributed by atoms with Crippen molar-refractivity contribution in [1.82, 2.24) is 15.2 Å². The number of fused-ring (bicyclic) bond motifs is 3. The predicted molar refractivity (Wildman–Crippen MR) is 119 cm³/mol. The molecule has 4 nitrogen and oxygen atoms in total. The zero-order valence-electron chi connectivity index (χ0n) is 17.3. The maximum atomic E-state index is 5.72. The van der Waals surface area contributed by atoms with E-state index in [4.69, 9.17) is 4.74 Å². The number of rotatable bonds is 4. The molecule has 0 aliphatic carbocycles. The highest BCUT2D eigenvalue weighted by Crippen LogP contribution is 2.35. The van der Waals surface area contributed by atoms with Crippen molar-refractivity contribution in [2.24, 2.45) is 0 Å². The van der Waals surface area contributed by atoms with E-state index in [1.165, 1.54) is 72.1 Å². The van der Waals surface area contributed by atoms with Crippen LogP contribution in [0.15, 0.2) is 42.5 Å². The van der Waals surface area contributed by atoms with Crippen molar-refractivity contribution < 1.29 is 4.74 Å². The van der Waals surface area contributed by atoms with E-state index in [1.54, 1.807) is 7.11 Å². The average Bonchev–Trinajstić information content (AvgIpc) is 2.95. The van der Waals surface area contributed by atoms with Crippen LogP contribution in [0.1, 0.15) is 54.1 Å². The zero-order valence-corrected chi connectivity index (χ0v) is 17.3. The smallest absolute Gasteiger partial charge is 0.123 e. The van der Waals surface area contributed by atoms with Gasteiger partial charge in [0, 0.05) is 35.2 Å². The van der Waals surface area contributed by atoms with E-state index in [0.717, 1.165) is 25.3 Å². The second kappa shape index (κ2) is 8.21. The van der Waals surface area contributed by atoms with Gasteiger partial charge in [-0.2, -0.15) is 0 Å². The number of nitrogens with zero attached hydrogens (tertiary/aromatic N) is 1. The molecule has 0 bridgehead atoms. The maximum Gasteiger partial charge on any atom is 0.123 e. The molecule has 0 unspecified atom stereocenters. The second-order valence-electron chi connectivity index (χ2n) is 8.46. The molecule has 2 aliphatic heterocycles. The third kappa shape index (κ3) is 3.67. The summed E-state index contributed by atoms with van der Waals surface area (Å²) in [6.07, 6.45) is 6.42. The van der Waals surface area contributed by atoms with E-state index in [-0.39, 0.29) is 6.04 Å². The number of H-pyrrole nitrogens is 1. The van der Waals surface area contributed by atoms with Crippen LogP contribution in [0.4, 0.5) is 0 Å². The Bertz CT molecular complexity index is 985. The van der Waals surface area contributed by atoms with Crippen LogP contribution in [0.3, 0.4) is 0 Å². The van der Waals surface area contributed by atoms with Gasteiger partial charge >= 0.3 is 0 Å². The summed E-state index contributed by atoms with van der Waals surface area (Å²) in [5.41, 5.74) is 6.65. The lowest BCUT2D eigenvalue weighted by atomic mass is 9.93. The Morgan fingerprint density at radius 1 is 1.03 bits per heavy atom. The summed E-state index contributed by atoms with van der Waals surface area (Å²) in [5, 5.41) is 5.11. The van der Waals surface area contributed by atoms with Crippen molar-refractivity contribution in [2.45, 2.75) is 44.7 Å². The van der Waals surface area contributed by atoms with E-state index in [1.807, 2.05) is 0 Å². The number of methoxy groups -OCH3 is 1. The van der Waals surface area contributed by atoms with Gasteiger partial charge in [-0.15, -0.1) is 0 Å². The summed E-state index contributed by atoms with van der Waals surface area (Å²) in [5.74, 6) is 1.01. The summed E-state index contributed by atoms with van der Waals surface area (Å²) in [6.45, 7) is 4.37. The minimum absolute atomic E-state index is 0.208. The molecule has 0 radical (unpaired) electrons. The Kier molecular flexibility index (Phi) is 5.30. The van der Waals surface area contributed by atoms with Gasteiger partial charge in [-0.3, -0.25) is 4.90 Å². The number of benzene rings is 2. The molecule has 3 heterocycles. The molecule has 1 fully saturated rings. The number of nitrogens with one attached hydrogen (secondary N) is 2. The monoisotopic (exact) mass is 389 g/mol. The number of likely N-dealkylation sites (tertiary alicyclic amines) is 1. The molecule has 1 aromatic heterocycles. The number of para-hydroxylation sites is 1. The van der Waals surface area contributed by atoms with Crippen LogP contribution < -0.4 is 10.1 Å². The first-order valence-corrected chi connectivity index (χ1v) is 11.1. The second-order valence-corrected chi connectivity index (χ2v) is 8.46. The van der Waals surface area contributed by atoms with Crippen LogP contribution in [-0.2, 0) is 13.0 Å². The van der Waals surface area contributed by atoms with E-state index in [2.05, 4.69) is 57.7 Å². The first-order chi connectivity index (χ1) is 14.3. The van der Waals surface area contributed by atoms with E-state index < -0.39 is 0 Å². The minimum Gasteiger partial charge on any atom is -0.496 e. The minimum atomic E-state index is 0.208. The van der Waals surface area contributed by atoms with Gasteiger partial charge < -0.3 is 15.0 Å². The lowest BCUT2D eigenvalue weighted by molar-refractivity contribution is 0.271. The Balaban J connectivity index is 1.49. The zero-order chi connectivity index (χ0) is 19.6. The van der Waals surface area contributed by atoms with Crippen LogP contribution in [0.25, 0.3) is 10.9 Å². The summed E-state index contributed by atoms with van der Waals surface area (Å²) < 4.78 is 5.72. The lowest BCUT2D eigenvalue weighted by Crippen LogP contribution is -2.30. The molecule has 0 amide bonds. The fourth-order valence-corrected chi connectivity index (χ4v) is 5.10. The molecule has 152 valence electrons. The summed E-state index contributed by atoms with van der Waals surface area (Å²) in [4.78, 5) is 6.29. The van der Waals surface area contributed by atoms with Crippen molar-refractivity contribution >= 4 is 10.9 Å². The van der Waals surface area contributed by atoms with Crippen molar-refractivity contribution in [1.29, 1.82) is 0 Å². The topological polar surface area (TPSA) is 40.3 Å². The Morgan fingerprint density at radius 3 is 2.69 bits per heavy atom. The average molecular weight is 390 g/mol. The number of ether oxygens (including phenoxy) is 1. The van der Waals surface area contributed by atoms with Crippen LogP contribution >= 0.6 is 0 Å². The van der Waals surface area contributed by atoms with Gasteiger partial charge in [0.2, 0.25) is 0 Å². The molecule has 2 aliphatic rings. The van der Waals surface area contributed by atoms with Crippen molar-refractivity contribution in [3.63, 3.8) is 0 Å². The molecule has 0 saturated carbocycles. The highest BCUT2D eigenvalue weighted by atomic mass is 16.5. The van der Waals surface area contributed by atoms with E-state index >= 15 is 0 Å². The van der Waals surface area contributed by atoms with Crippen molar-refractivity contribution in [3.8, 4) is 5.75 Å². The highest BCUT2D eigenvalue weighted by molar-refractivity contribution is 5.85. The van der Waals surface area contributed by atoms with Crippen molar-refractivity contribution in [3.05, 3.63) is 64.8 Å².